The Hall–Kier alpha value is -2.59. The molecule has 34 heavy (non-hydrogen) atoms. The number of aryl methyl sites for hydroxylation is 1. The van der Waals surface area contributed by atoms with Gasteiger partial charge >= 0.3 is 6.18 Å². The van der Waals surface area contributed by atoms with Crippen molar-refractivity contribution in [2.45, 2.75) is 50.8 Å². The molecule has 0 saturated carbocycles. The van der Waals surface area contributed by atoms with Crippen LogP contribution in [0.4, 0.5) is 18.9 Å². The first-order valence-electron chi connectivity index (χ1n) is 11.1. The summed E-state index contributed by atoms with van der Waals surface area (Å²) in [4.78, 5) is 15.0. The van der Waals surface area contributed by atoms with Gasteiger partial charge in [-0.3, -0.25) is 4.79 Å². The van der Waals surface area contributed by atoms with Crippen molar-refractivity contribution in [2.24, 2.45) is 5.92 Å². The van der Waals surface area contributed by atoms with Gasteiger partial charge in [0.2, 0.25) is 15.9 Å². The second-order valence-corrected chi connectivity index (χ2v) is 10.3. The number of benzene rings is 2. The standard InChI is InChI=1S/C24H29F3N2O4S/c1-4-29(20-7-9-21(10-8-20)33-18(3)24(25,26)27)23(30)19-13-15-28(16-14-19)34(31,32)22-11-5-17(2)6-12-22/h5-12,18-19H,4,13-16H2,1-3H3. The fourth-order valence-corrected chi connectivity index (χ4v) is 5.33. The molecular weight excluding hydrogens is 469 g/mol. The van der Waals surface area contributed by atoms with E-state index in [4.69, 9.17) is 4.74 Å². The van der Waals surface area contributed by atoms with Gasteiger partial charge in [0.1, 0.15) is 5.75 Å². The minimum absolute atomic E-state index is 0.0618. The molecule has 1 unspecified atom stereocenters. The minimum Gasteiger partial charge on any atom is -0.481 e. The highest BCUT2D eigenvalue weighted by Crippen LogP contribution is 2.29. The van der Waals surface area contributed by atoms with Crippen LogP contribution in [0, 0.1) is 12.8 Å². The van der Waals surface area contributed by atoms with Crippen molar-refractivity contribution in [2.75, 3.05) is 24.5 Å². The van der Waals surface area contributed by atoms with Gasteiger partial charge in [-0.05, 0) is 70.0 Å². The molecule has 1 aliphatic rings. The minimum atomic E-state index is -4.47. The van der Waals surface area contributed by atoms with Crippen LogP contribution < -0.4 is 9.64 Å². The number of alkyl halides is 3. The molecule has 0 bridgehead atoms. The highest BCUT2D eigenvalue weighted by molar-refractivity contribution is 7.89. The van der Waals surface area contributed by atoms with E-state index < -0.39 is 22.3 Å². The Kier molecular flexibility index (Phi) is 7.92. The zero-order chi connectivity index (χ0) is 25.1. The van der Waals surface area contributed by atoms with E-state index >= 15 is 0 Å². The molecular formula is C24H29F3N2O4S. The Morgan fingerprint density at radius 3 is 2.15 bits per heavy atom. The van der Waals surface area contributed by atoms with Crippen molar-refractivity contribution >= 4 is 21.6 Å². The summed E-state index contributed by atoms with van der Waals surface area (Å²) in [7, 11) is -3.62. The Bertz CT molecular complexity index is 1080. The number of nitrogens with zero attached hydrogens (tertiary/aromatic N) is 2. The number of hydrogen-bond donors (Lipinski definition) is 0. The van der Waals surface area contributed by atoms with E-state index in [9.17, 15) is 26.4 Å². The van der Waals surface area contributed by atoms with Crippen molar-refractivity contribution in [1.29, 1.82) is 0 Å². The molecule has 0 aromatic heterocycles. The van der Waals surface area contributed by atoms with Crippen LogP contribution in [0.2, 0.25) is 0 Å². The monoisotopic (exact) mass is 498 g/mol. The van der Waals surface area contributed by atoms with E-state index in [-0.39, 0.29) is 35.6 Å². The molecule has 186 valence electrons. The second-order valence-electron chi connectivity index (χ2n) is 8.37. The first-order chi connectivity index (χ1) is 15.9. The summed E-state index contributed by atoms with van der Waals surface area (Å²) in [5, 5.41) is 0. The van der Waals surface area contributed by atoms with Gasteiger partial charge in [-0.1, -0.05) is 17.7 Å². The molecule has 0 radical (unpaired) electrons. The SMILES string of the molecule is CCN(C(=O)C1CCN(S(=O)(=O)c2ccc(C)cc2)CC1)c1ccc(OC(C)C(F)(F)F)cc1. The molecule has 3 rings (SSSR count). The molecule has 1 atom stereocenters. The first kappa shape index (κ1) is 26.0. The molecule has 0 aliphatic carbocycles. The lowest BCUT2D eigenvalue weighted by atomic mass is 9.96. The second kappa shape index (κ2) is 10.4. The fraction of sp³-hybridized carbons (Fsp3) is 0.458. The Morgan fingerprint density at radius 1 is 1.09 bits per heavy atom. The summed E-state index contributed by atoms with van der Waals surface area (Å²) in [6, 6.07) is 12.6. The lowest BCUT2D eigenvalue weighted by molar-refractivity contribution is -0.189. The van der Waals surface area contributed by atoms with Crippen molar-refractivity contribution in [1.82, 2.24) is 4.31 Å². The number of ether oxygens (including phenoxy) is 1. The van der Waals surface area contributed by atoms with Crippen molar-refractivity contribution in [3.05, 3.63) is 54.1 Å². The van der Waals surface area contributed by atoms with Gasteiger partial charge < -0.3 is 9.64 Å². The number of sulfonamides is 1. The van der Waals surface area contributed by atoms with Crippen molar-refractivity contribution in [3.63, 3.8) is 0 Å². The van der Waals surface area contributed by atoms with E-state index in [1.54, 1.807) is 41.3 Å². The van der Waals surface area contributed by atoms with Crippen LogP contribution in [-0.2, 0) is 14.8 Å². The Balaban J connectivity index is 1.63. The maximum atomic E-state index is 13.2. The van der Waals surface area contributed by atoms with E-state index in [1.165, 1.54) is 16.4 Å². The van der Waals surface area contributed by atoms with E-state index in [0.717, 1.165) is 12.5 Å². The summed E-state index contributed by atoms with van der Waals surface area (Å²) >= 11 is 0. The zero-order valence-electron chi connectivity index (χ0n) is 19.4. The molecule has 1 heterocycles. The smallest absolute Gasteiger partial charge is 0.425 e. The van der Waals surface area contributed by atoms with Crippen LogP contribution >= 0.6 is 0 Å². The zero-order valence-corrected chi connectivity index (χ0v) is 20.2. The largest absolute Gasteiger partial charge is 0.481 e. The van der Waals surface area contributed by atoms with Crippen LogP contribution in [0.3, 0.4) is 0 Å². The van der Waals surface area contributed by atoms with E-state index in [1.807, 2.05) is 13.8 Å². The average molecular weight is 499 g/mol. The third-order valence-electron chi connectivity index (χ3n) is 5.97. The Morgan fingerprint density at radius 2 is 1.65 bits per heavy atom. The van der Waals surface area contributed by atoms with Gasteiger partial charge in [0, 0.05) is 31.2 Å². The third kappa shape index (κ3) is 5.90. The van der Waals surface area contributed by atoms with E-state index in [0.29, 0.717) is 25.1 Å². The van der Waals surface area contributed by atoms with Crippen LogP contribution in [0.15, 0.2) is 53.4 Å². The molecule has 0 spiro atoms. The van der Waals surface area contributed by atoms with Gasteiger partial charge in [-0.2, -0.15) is 17.5 Å². The quantitative estimate of drug-likeness (QED) is 0.551. The molecule has 2 aromatic carbocycles. The number of rotatable bonds is 7. The van der Waals surface area contributed by atoms with Crippen LogP contribution in [0.1, 0.15) is 32.3 Å². The predicted molar refractivity (Wildman–Crippen MR) is 123 cm³/mol. The molecule has 1 amide bonds. The molecule has 10 heteroatoms. The van der Waals surface area contributed by atoms with Gasteiger partial charge in [0.15, 0.2) is 6.10 Å². The molecule has 6 nitrogen and oxygen atoms in total. The number of carbonyl (C=O) groups excluding carboxylic acids is 1. The number of carbonyl (C=O) groups is 1. The van der Waals surface area contributed by atoms with Gasteiger partial charge in [-0.25, -0.2) is 8.42 Å². The summed E-state index contributed by atoms with van der Waals surface area (Å²) in [6.45, 7) is 5.49. The third-order valence-corrected chi connectivity index (χ3v) is 7.88. The molecule has 1 saturated heterocycles. The summed E-state index contributed by atoms with van der Waals surface area (Å²) in [6.07, 6.45) is -5.62. The van der Waals surface area contributed by atoms with Gasteiger partial charge in [-0.15, -0.1) is 0 Å². The highest BCUT2D eigenvalue weighted by Gasteiger charge is 2.38. The van der Waals surface area contributed by atoms with Gasteiger partial charge in [0.05, 0.1) is 4.90 Å². The van der Waals surface area contributed by atoms with Crippen molar-refractivity contribution in [3.8, 4) is 5.75 Å². The molecule has 0 N–H and O–H groups in total. The average Bonchev–Trinajstić information content (AvgIpc) is 2.80. The lowest BCUT2D eigenvalue weighted by Gasteiger charge is -2.33. The van der Waals surface area contributed by atoms with E-state index in [2.05, 4.69) is 0 Å². The summed E-state index contributed by atoms with van der Waals surface area (Å²) in [5.74, 6) is -0.412. The number of halogens is 3. The Labute approximate surface area is 198 Å². The van der Waals surface area contributed by atoms with Gasteiger partial charge in [0.25, 0.3) is 0 Å². The van der Waals surface area contributed by atoms with Crippen LogP contribution in [0.5, 0.6) is 5.75 Å². The molecule has 1 aliphatic heterocycles. The fourth-order valence-electron chi connectivity index (χ4n) is 3.86. The summed E-state index contributed by atoms with van der Waals surface area (Å²) in [5.41, 5.74) is 1.52. The maximum absolute atomic E-state index is 13.2. The van der Waals surface area contributed by atoms with Crippen molar-refractivity contribution < 1.29 is 31.1 Å². The number of anilines is 1. The number of hydrogen-bond acceptors (Lipinski definition) is 4. The number of piperidine rings is 1. The number of amides is 1. The molecule has 2 aromatic rings. The topological polar surface area (TPSA) is 66.9 Å². The maximum Gasteiger partial charge on any atom is 0.425 e. The molecule has 1 fully saturated rings. The van der Waals surface area contributed by atoms with Crippen LogP contribution in [-0.4, -0.2) is 50.5 Å². The highest BCUT2D eigenvalue weighted by atomic mass is 32.2. The van der Waals surface area contributed by atoms with Crippen LogP contribution in [0.25, 0.3) is 0 Å². The predicted octanol–water partition coefficient (Wildman–Crippen LogP) is 4.78. The first-order valence-corrected chi connectivity index (χ1v) is 12.6. The normalized spacial score (nSPS) is 16.8. The lowest BCUT2D eigenvalue weighted by Crippen LogP contribution is -2.44. The summed E-state index contributed by atoms with van der Waals surface area (Å²) < 4.78 is 70.2.